The summed E-state index contributed by atoms with van der Waals surface area (Å²) >= 11 is 0. The summed E-state index contributed by atoms with van der Waals surface area (Å²) in [6.07, 6.45) is 9.39. The molecule has 3 heterocycles. The molecular formula is C23H32N8. The van der Waals surface area contributed by atoms with Crippen molar-refractivity contribution >= 4 is 5.96 Å². The fourth-order valence-electron chi connectivity index (χ4n) is 3.96. The fourth-order valence-corrected chi connectivity index (χ4v) is 3.96. The van der Waals surface area contributed by atoms with E-state index in [0.717, 1.165) is 56.6 Å². The number of aliphatic imine (C=N–C) groups is 1. The lowest BCUT2D eigenvalue weighted by Crippen LogP contribution is -2.38. The van der Waals surface area contributed by atoms with E-state index in [4.69, 9.17) is 4.99 Å². The lowest BCUT2D eigenvalue weighted by atomic mass is 10.1. The van der Waals surface area contributed by atoms with Crippen LogP contribution in [0.3, 0.4) is 0 Å². The van der Waals surface area contributed by atoms with Crippen LogP contribution in [-0.4, -0.2) is 43.6 Å². The molecule has 0 saturated heterocycles. The number of aryl methyl sites for hydroxylation is 1. The first-order valence-corrected chi connectivity index (χ1v) is 11.3. The third-order valence-corrected chi connectivity index (χ3v) is 5.59. The Balaban J connectivity index is 1.36. The summed E-state index contributed by atoms with van der Waals surface area (Å²) in [7, 11) is 0. The van der Waals surface area contributed by atoms with Gasteiger partial charge in [0.15, 0.2) is 5.96 Å². The Morgan fingerprint density at radius 3 is 2.81 bits per heavy atom. The zero-order valence-corrected chi connectivity index (χ0v) is 18.3. The summed E-state index contributed by atoms with van der Waals surface area (Å²) in [4.78, 5) is 4.82. The summed E-state index contributed by atoms with van der Waals surface area (Å²) in [5.41, 5.74) is 2.44. The van der Waals surface area contributed by atoms with E-state index in [1.807, 2.05) is 23.1 Å². The van der Waals surface area contributed by atoms with Gasteiger partial charge in [0, 0.05) is 44.9 Å². The first-order valence-electron chi connectivity index (χ1n) is 11.3. The zero-order valence-electron chi connectivity index (χ0n) is 18.3. The van der Waals surface area contributed by atoms with Crippen LogP contribution in [0.1, 0.15) is 49.0 Å². The summed E-state index contributed by atoms with van der Waals surface area (Å²) in [5.74, 6) is 3.04. The van der Waals surface area contributed by atoms with Gasteiger partial charge >= 0.3 is 0 Å². The molecule has 0 saturated carbocycles. The minimum atomic E-state index is 0.618. The minimum Gasteiger partial charge on any atom is -0.357 e. The number of aromatic nitrogens is 5. The van der Waals surface area contributed by atoms with Crippen LogP contribution in [0.25, 0.3) is 0 Å². The molecule has 1 aliphatic heterocycles. The van der Waals surface area contributed by atoms with Crippen LogP contribution in [0.15, 0.2) is 47.7 Å². The highest BCUT2D eigenvalue weighted by atomic mass is 15.3. The van der Waals surface area contributed by atoms with Crippen molar-refractivity contribution in [3.63, 3.8) is 0 Å². The highest BCUT2D eigenvalue weighted by molar-refractivity contribution is 5.79. The highest BCUT2D eigenvalue weighted by Crippen LogP contribution is 2.14. The van der Waals surface area contributed by atoms with Gasteiger partial charge in [0.1, 0.15) is 11.6 Å². The zero-order chi connectivity index (χ0) is 21.3. The molecule has 1 aliphatic rings. The van der Waals surface area contributed by atoms with E-state index in [-0.39, 0.29) is 0 Å². The molecule has 0 radical (unpaired) electrons. The van der Waals surface area contributed by atoms with Gasteiger partial charge in [-0.25, -0.2) is 4.99 Å². The molecule has 8 heteroatoms. The Morgan fingerprint density at radius 1 is 1.06 bits per heavy atom. The fraction of sp³-hybridized carbons (Fsp3) is 0.478. The number of nitrogens with one attached hydrogen (secondary N) is 2. The van der Waals surface area contributed by atoms with Crippen LogP contribution in [0.4, 0.5) is 0 Å². The monoisotopic (exact) mass is 420 g/mol. The Kier molecular flexibility index (Phi) is 7.31. The van der Waals surface area contributed by atoms with Crippen molar-refractivity contribution < 1.29 is 0 Å². The summed E-state index contributed by atoms with van der Waals surface area (Å²) in [6, 6.07) is 10.4. The Labute approximate surface area is 183 Å². The second kappa shape index (κ2) is 10.7. The molecule has 0 unspecified atom stereocenters. The van der Waals surface area contributed by atoms with Crippen molar-refractivity contribution in [1.82, 2.24) is 35.2 Å². The highest BCUT2D eigenvalue weighted by Gasteiger charge is 2.14. The third kappa shape index (κ3) is 5.71. The van der Waals surface area contributed by atoms with Crippen molar-refractivity contribution in [3.8, 4) is 0 Å². The van der Waals surface area contributed by atoms with Gasteiger partial charge in [0.2, 0.25) is 0 Å². The number of rotatable bonds is 8. The van der Waals surface area contributed by atoms with E-state index in [0.29, 0.717) is 6.54 Å². The van der Waals surface area contributed by atoms with E-state index in [1.165, 1.54) is 30.4 Å². The first-order chi connectivity index (χ1) is 15.3. The van der Waals surface area contributed by atoms with Crippen molar-refractivity contribution in [1.29, 1.82) is 0 Å². The molecule has 3 aromatic rings. The van der Waals surface area contributed by atoms with Crippen LogP contribution in [0.5, 0.6) is 0 Å². The molecular weight excluding hydrogens is 388 g/mol. The van der Waals surface area contributed by atoms with Gasteiger partial charge in [0.05, 0.1) is 13.1 Å². The Hall–Kier alpha value is -3.16. The maximum Gasteiger partial charge on any atom is 0.191 e. The molecule has 0 amide bonds. The molecule has 0 aliphatic carbocycles. The van der Waals surface area contributed by atoms with E-state index < -0.39 is 0 Å². The van der Waals surface area contributed by atoms with Gasteiger partial charge in [-0.15, -0.1) is 10.2 Å². The minimum absolute atomic E-state index is 0.618. The molecule has 2 N–H and O–H groups in total. The van der Waals surface area contributed by atoms with Gasteiger partial charge in [-0.05, 0) is 37.0 Å². The van der Waals surface area contributed by atoms with Crippen LogP contribution in [0, 0.1) is 0 Å². The number of benzene rings is 1. The predicted octanol–water partition coefficient (Wildman–Crippen LogP) is 2.55. The average molecular weight is 421 g/mol. The van der Waals surface area contributed by atoms with E-state index in [9.17, 15) is 0 Å². The van der Waals surface area contributed by atoms with Gasteiger partial charge in [-0.2, -0.15) is 5.10 Å². The molecule has 1 aromatic carbocycles. The second-order valence-corrected chi connectivity index (χ2v) is 7.84. The molecule has 164 valence electrons. The van der Waals surface area contributed by atoms with Crippen molar-refractivity contribution in [2.24, 2.45) is 4.99 Å². The number of fused-ring (bicyclic) bond motifs is 1. The lowest BCUT2D eigenvalue weighted by molar-refractivity contribution is 0.600. The Morgan fingerprint density at radius 2 is 1.97 bits per heavy atom. The van der Waals surface area contributed by atoms with E-state index in [1.54, 1.807) is 0 Å². The topological polar surface area (TPSA) is 84.9 Å². The molecule has 31 heavy (non-hydrogen) atoms. The van der Waals surface area contributed by atoms with E-state index in [2.05, 4.69) is 61.7 Å². The van der Waals surface area contributed by atoms with Crippen LogP contribution >= 0.6 is 0 Å². The molecule has 8 nitrogen and oxygen atoms in total. The maximum absolute atomic E-state index is 4.82. The second-order valence-electron chi connectivity index (χ2n) is 7.84. The standard InChI is InChI=1S/C23H32N8/c1-2-24-23(25-14-12-22-29-28-21-11-4-3-7-16-31(21)22)26-17-19-9-5-6-10-20(19)18-30-15-8-13-27-30/h5-6,8-10,13,15H,2-4,7,11-12,14,16-18H2,1H3,(H2,24,25,26). The largest absolute Gasteiger partial charge is 0.357 e. The quantitative estimate of drug-likeness (QED) is 0.432. The smallest absolute Gasteiger partial charge is 0.191 e. The first kappa shape index (κ1) is 21.1. The normalized spacial score (nSPS) is 14.2. The molecule has 2 aromatic heterocycles. The van der Waals surface area contributed by atoms with Crippen molar-refractivity contribution in [3.05, 3.63) is 65.5 Å². The third-order valence-electron chi connectivity index (χ3n) is 5.59. The lowest BCUT2D eigenvalue weighted by Gasteiger charge is -2.13. The predicted molar refractivity (Wildman–Crippen MR) is 122 cm³/mol. The molecule has 0 fully saturated rings. The summed E-state index contributed by atoms with van der Waals surface area (Å²) in [5, 5.41) is 20.0. The summed E-state index contributed by atoms with van der Waals surface area (Å²) in [6.45, 7) is 6.09. The number of hydrogen-bond donors (Lipinski definition) is 2. The molecule has 0 spiro atoms. The Bertz CT molecular complexity index is 973. The van der Waals surface area contributed by atoms with Gasteiger partial charge in [-0.3, -0.25) is 4.68 Å². The van der Waals surface area contributed by atoms with Gasteiger partial charge in [0.25, 0.3) is 0 Å². The van der Waals surface area contributed by atoms with Crippen LogP contribution in [0.2, 0.25) is 0 Å². The van der Waals surface area contributed by atoms with Gasteiger partial charge < -0.3 is 15.2 Å². The number of guanidine groups is 1. The van der Waals surface area contributed by atoms with Crippen LogP contribution in [-0.2, 0) is 32.5 Å². The maximum atomic E-state index is 4.82. The molecule has 0 atom stereocenters. The van der Waals surface area contributed by atoms with E-state index >= 15 is 0 Å². The number of nitrogens with zero attached hydrogens (tertiary/aromatic N) is 6. The van der Waals surface area contributed by atoms with Crippen molar-refractivity contribution in [2.45, 2.75) is 58.7 Å². The average Bonchev–Trinajstić information content (AvgIpc) is 3.37. The van der Waals surface area contributed by atoms with Crippen LogP contribution < -0.4 is 10.6 Å². The molecule has 4 rings (SSSR count). The number of hydrogen-bond acceptors (Lipinski definition) is 4. The summed E-state index contributed by atoms with van der Waals surface area (Å²) < 4.78 is 4.25. The van der Waals surface area contributed by atoms with Crippen molar-refractivity contribution in [2.75, 3.05) is 13.1 Å². The SMILES string of the molecule is CCNC(=NCc1ccccc1Cn1cccn1)NCCc1nnc2n1CCCCC2. The molecule has 0 bridgehead atoms. The van der Waals surface area contributed by atoms with Gasteiger partial charge in [-0.1, -0.05) is 30.7 Å².